The van der Waals surface area contributed by atoms with Crippen LogP contribution < -0.4 is 10.6 Å². The summed E-state index contributed by atoms with van der Waals surface area (Å²) in [5.74, 6) is 1.66. The summed E-state index contributed by atoms with van der Waals surface area (Å²) in [6.45, 7) is 9.80. The summed E-state index contributed by atoms with van der Waals surface area (Å²) in [7, 11) is 0. The summed E-state index contributed by atoms with van der Waals surface area (Å²) in [6, 6.07) is 12.9. The monoisotopic (exact) mass is 370 g/mol. The first-order valence-corrected chi connectivity index (χ1v) is 9.69. The number of guanidine groups is 1. The first kappa shape index (κ1) is 19.5. The molecule has 0 saturated carbocycles. The molecule has 6 heteroatoms. The SMILES string of the molecule is CCNC(=NCc1ccco1)NCC(c1cccc(C)c1)N1CCOCC1. The van der Waals surface area contributed by atoms with Gasteiger partial charge in [-0.15, -0.1) is 0 Å². The van der Waals surface area contributed by atoms with Crippen LogP contribution >= 0.6 is 0 Å². The second-order valence-corrected chi connectivity index (χ2v) is 6.73. The molecule has 3 rings (SSSR count). The molecular formula is C21H30N4O2. The quantitative estimate of drug-likeness (QED) is 0.580. The van der Waals surface area contributed by atoms with Crippen LogP contribution in [0.3, 0.4) is 0 Å². The van der Waals surface area contributed by atoms with Crippen LogP contribution in [0.5, 0.6) is 0 Å². The minimum atomic E-state index is 0.279. The number of aryl methyl sites for hydroxylation is 1. The van der Waals surface area contributed by atoms with E-state index in [1.54, 1.807) is 6.26 Å². The molecule has 27 heavy (non-hydrogen) atoms. The first-order chi connectivity index (χ1) is 13.3. The Morgan fingerprint density at radius 1 is 1.19 bits per heavy atom. The van der Waals surface area contributed by atoms with Gasteiger partial charge in [-0.05, 0) is 31.5 Å². The van der Waals surface area contributed by atoms with Crippen molar-refractivity contribution < 1.29 is 9.15 Å². The predicted octanol–water partition coefficient (Wildman–Crippen LogP) is 2.72. The molecule has 1 unspecified atom stereocenters. The van der Waals surface area contributed by atoms with Gasteiger partial charge in [-0.1, -0.05) is 29.8 Å². The highest BCUT2D eigenvalue weighted by Crippen LogP contribution is 2.22. The van der Waals surface area contributed by atoms with Crippen LogP contribution in [-0.2, 0) is 11.3 Å². The summed E-state index contributed by atoms with van der Waals surface area (Å²) >= 11 is 0. The second kappa shape index (κ2) is 10.1. The number of benzene rings is 1. The smallest absolute Gasteiger partial charge is 0.191 e. The number of hydrogen-bond acceptors (Lipinski definition) is 4. The van der Waals surface area contributed by atoms with Crippen LogP contribution in [0.25, 0.3) is 0 Å². The molecule has 0 radical (unpaired) electrons. The third-order valence-corrected chi connectivity index (χ3v) is 4.69. The maximum absolute atomic E-state index is 5.54. The van der Waals surface area contributed by atoms with Gasteiger partial charge in [0.05, 0.1) is 25.5 Å². The largest absolute Gasteiger partial charge is 0.467 e. The van der Waals surface area contributed by atoms with E-state index in [1.165, 1.54) is 11.1 Å². The number of nitrogens with zero attached hydrogens (tertiary/aromatic N) is 2. The van der Waals surface area contributed by atoms with Gasteiger partial charge in [0.1, 0.15) is 12.3 Å². The summed E-state index contributed by atoms with van der Waals surface area (Å²) in [5.41, 5.74) is 2.61. The second-order valence-electron chi connectivity index (χ2n) is 6.73. The molecule has 2 N–H and O–H groups in total. The lowest BCUT2D eigenvalue weighted by atomic mass is 10.0. The number of aliphatic imine (C=N–C) groups is 1. The zero-order valence-electron chi connectivity index (χ0n) is 16.3. The van der Waals surface area contributed by atoms with Gasteiger partial charge in [0.25, 0.3) is 0 Å². The fourth-order valence-corrected chi connectivity index (χ4v) is 3.32. The van der Waals surface area contributed by atoms with E-state index in [0.717, 1.165) is 51.1 Å². The van der Waals surface area contributed by atoms with Crippen molar-refractivity contribution >= 4 is 5.96 Å². The van der Waals surface area contributed by atoms with E-state index in [4.69, 9.17) is 9.15 Å². The van der Waals surface area contributed by atoms with Crippen molar-refractivity contribution in [3.05, 3.63) is 59.5 Å². The summed E-state index contributed by atoms with van der Waals surface area (Å²) in [4.78, 5) is 7.13. The van der Waals surface area contributed by atoms with Gasteiger partial charge in [0.15, 0.2) is 5.96 Å². The molecule has 1 aliphatic rings. The molecule has 0 amide bonds. The normalized spacial score (nSPS) is 16.9. The minimum absolute atomic E-state index is 0.279. The standard InChI is InChI=1S/C21H30N4O2/c1-3-22-21(23-15-19-8-5-11-27-19)24-16-20(25-9-12-26-13-10-25)18-7-4-6-17(2)14-18/h4-8,11,14,20H,3,9-10,12-13,15-16H2,1-2H3,(H2,22,23,24). The average Bonchev–Trinajstić information content (AvgIpc) is 3.21. The van der Waals surface area contributed by atoms with Crippen LogP contribution in [0.1, 0.15) is 29.9 Å². The van der Waals surface area contributed by atoms with Crippen molar-refractivity contribution in [1.29, 1.82) is 0 Å². The maximum atomic E-state index is 5.54. The summed E-state index contributed by atoms with van der Waals surface area (Å²) in [5, 5.41) is 6.83. The molecule has 0 bridgehead atoms. The molecular weight excluding hydrogens is 340 g/mol. The van der Waals surface area contributed by atoms with Crippen LogP contribution in [0.2, 0.25) is 0 Å². The van der Waals surface area contributed by atoms with E-state index in [2.05, 4.69) is 58.6 Å². The van der Waals surface area contributed by atoms with Gasteiger partial charge in [0.2, 0.25) is 0 Å². The van der Waals surface area contributed by atoms with Crippen molar-refractivity contribution in [1.82, 2.24) is 15.5 Å². The van der Waals surface area contributed by atoms with Crippen molar-refractivity contribution in [2.45, 2.75) is 26.4 Å². The van der Waals surface area contributed by atoms with Gasteiger partial charge >= 0.3 is 0 Å². The highest BCUT2D eigenvalue weighted by atomic mass is 16.5. The molecule has 1 saturated heterocycles. The first-order valence-electron chi connectivity index (χ1n) is 9.69. The van der Waals surface area contributed by atoms with Gasteiger partial charge in [-0.2, -0.15) is 0 Å². The fraction of sp³-hybridized carbons (Fsp3) is 0.476. The molecule has 2 heterocycles. The molecule has 2 aromatic rings. The van der Waals surface area contributed by atoms with Crippen LogP contribution in [-0.4, -0.2) is 50.3 Å². The Morgan fingerprint density at radius 3 is 2.74 bits per heavy atom. The van der Waals surface area contributed by atoms with E-state index in [9.17, 15) is 0 Å². The minimum Gasteiger partial charge on any atom is -0.467 e. The molecule has 1 atom stereocenters. The van der Waals surface area contributed by atoms with Crippen molar-refractivity contribution in [2.24, 2.45) is 4.99 Å². The van der Waals surface area contributed by atoms with Crippen molar-refractivity contribution in [2.75, 3.05) is 39.4 Å². The topological polar surface area (TPSA) is 62.0 Å². The Labute approximate surface area is 161 Å². The Balaban J connectivity index is 1.70. The highest BCUT2D eigenvalue weighted by molar-refractivity contribution is 5.79. The molecule has 0 aliphatic carbocycles. The van der Waals surface area contributed by atoms with Crippen molar-refractivity contribution in [3.63, 3.8) is 0 Å². The lowest BCUT2D eigenvalue weighted by molar-refractivity contribution is 0.0170. The molecule has 0 spiro atoms. The van der Waals surface area contributed by atoms with E-state index in [-0.39, 0.29) is 6.04 Å². The zero-order chi connectivity index (χ0) is 18.9. The zero-order valence-corrected chi connectivity index (χ0v) is 16.3. The van der Waals surface area contributed by atoms with Crippen LogP contribution in [0.15, 0.2) is 52.1 Å². The van der Waals surface area contributed by atoms with E-state index < -0.39 is 0 Å². The molecule has 1 aromatic carbocycles. The van der Waals surface area contributed by atoms with Gasteiger partial charge in [-0.3, -0.25) is 4.90 Å². The number of hydrogen-bond donors (Lipinski definition) is 2. The summed E-state index contributed by atoms with van der Waals surface area (Å²) < 4.78 is 10.9. The Morgan fingerprint density at radius 2 is 2.04 bits per heavy atom. The highest BCUT2D eigenvalue weighted by Gasteiger charge is 2.23. The van der Waals surface area contributed by atoms with Gasteiger partial charge in [-0.25, -0.2) is 4.99 Å². The fourth-order valence-electron chi connectivity index (χ4n) is 3.32. The molecule has 146 valence electrons. The average molecular weight is 370 g/mol. The van der Waals surface area contributed by atoms with E-state index in [0.29, 0.717) is 6.54 Å². The number of nitrogens with one attached hydrogen (secondary N) is 2. The molecule has 1 aliphatic heterocycles. The number of rotatable bonds is 7. The lowest BCUT2D eigenvalue weighted by Gasteiger charge is -2.35. The Bertz CT molecular complexity index is 709. The van der Waals surface area contributed by atoms with Gasteiger partial charge < -0.3 is 19.8 Å². The number of morpholine rings is 1. The molecule has 1 aromatic heterocycles. The van der Waals surface area contributed by atoms with E-state index >= 15 is 0 Å². The number of furan rings is 1. The van der Waals surface area contributed by atoms with E-state index in [1.807, 2.05) is 12.1 Å². The molecule has 1 fully saturated rings. The molecule has 6 nitrogen and oxygen atoms in total. The van der Waals surface area contributed by atoms with Crippen LogP contribution in [0.4, 0.5) is 0 Å². The maximum Gasteiger partial charge on any atom is 0.191 e. The lowest BCUT2D eigenvalue weighted by Crippen LogP contribution is -2.46. The third kappa shape index (κ3) is 5.84. The Kier molecular flexibility index (Phi) is 7.30. The van der Waals surface area contributed by atoms with Gasteiger partial charge in [0, 0.05) is 26.2 Å². The van der Waals surface area contributed by atoms with Crippen LogP contribution in [0, 0.1) is 6.92 Å². The predicted molar refractivity (Wildman–Crippen MR) is 108 cm³/mol. The summed E-state index contributed by atoms with van der Waals surface area (Å²) in [6.07, 6.45) is 1.68. The van der Waals surface area contributed by atoms with Crippen molar-refractivity contribution in [3.8, 4) is 0 Å². The number of ether oxygens (including phenoxy) is 1. The third-order valence-electron chi connectivity index (χ3n) is 4.69. The Hall–Kier alpha value is -2.31.